The summed E-state index contributed by atoms with van der Waals surface area (Å²) in [6.07, 6.45) is 0. The molecule has 136 valence electrons. The third-order valence-electron chi connectivity index (χ3n) is 5.40. The summed E-state index contributed by atoms with van der Waals surface area (Å²) in [6, 6.07) is 19.0. The molecule has 2 aromatic carbocycles. The van der Waals surface area contributed by atoms with E-state index in [1.165, 1.54) is 11.3 Å². The highest BCUT2D eigenvalue weighted by molar-refractivity contribution is 5.89. The SMILES string of the molecule is Cc1ccc(NC(=O)N2CC(N3CCN(c4ccccc4)CC3)C2)cc1. The van der Waals surface area contributed by atoms with Crippen LogP contribution in [0.1, 0.15) is 5.56 Å². The molecule has 26 heavy (non-hydrogen) atoms. The van der Waals surface area contributed by atoms with Crippen molar-refractivity contribution in [3.05, 3.63) is 60.2 Å². The second kappa shape index (κ2) is 7.38. The minimum Gasteiger partial charge on any atom is -0.369 e. The molecule has 2 saturated heterocycles. The second-order valence-corrected chi connectivity index (χ2v) is 7.21. The average molecular weight is 350 g/mol. The van der Waals surface area contributed by atoms with E-state index in [1.807, 2.05) is 36.1 Å². The van der Waals surface area contributed by atoms with Crippen LogP contribution in [-0.4, -0.2) is 61.1 Å². The van der Waals surface area contributed by atoms with Gasteiger partial charge in [0.25, 0.3) is 0 Å². The number of hydrogen-bond donors (Lipinski definition) is 1. The molecule has 5 nitrogen and oxygen atoms in total. The first kappa shape index (κ1) is 16.9. The summed E-state index contributed by atoms with van der Waals surface area (Å²) in [5.74, 6) is 0. The van der Waals surface area contributed by atoms with Gasteiger partial charge in [-0.1, -0.05) is 35.9 Å². The largest absolute Gasteiger partial charge is 0.369 e. The van der Waals surface area contributed by atoms with Gasteiger partial charge in [0.1, 0.15) is 0 Å². The first-order valence-electron chi connectivity index (χ1n) is 9.36. The Balaban J connectivity index is 1.23. The van der Waals surface area contributed by atoms with Crippen molar-refractivity contribution in [1.82, 2.24) is 9.80 Å². The summed E-state index contributed by atoms with van der Waals surface area (Å²) in [6.45, 7) is 7.92. The van der Waals surface area contributed by atoms with Crippen molar-refractivity contribution in [2.45, 2.75) is 13.0 Å². The zero-order chi connectivity index (χ0) is 17.9. The molecule has 2 heterocycles. The number of piperazine rings is 1. The Morgan fingerprint density at radius 2 is 1.58 bits per heavy atom. The number of nitrogens with one attached hydrogen (secondary N) is 1. The van der Waals surface area contributed by atoms with Gasteiger partial charge in [0.15, 0.2) is 0 Å². The third-order valence-corrected chi connectivity index (χ3v) is 5.40. The van der Waals surface area contributed by atoms with Crippen LogP contribution in [0, 0.1) is 6.92 Å². The minimum absolute atomic E-state index is 0.00743. The lowest BCUT2D eigenvalue weighted by Crippen LogP contribution is -2.64. The van der Waals surface area contributed by atoms with Crippen LogP contribution in [0.15, 0.2) is 54.6 Å². The molecule has 0 aliphatic carbocycles. The van der Waals surface area contributed by atoms with Gasteiger partial charge < -0.3 is 15.1 Å². The van der Waals surface area contributed by atoms with Crippen molar-refractivity contribution in [3.8, 4) is 0 Å². The van der Waals surface area contributed by atoms with Gasteiger partial charge in [0.05, 0.1) is 0 Å². The first-order valence-corrected chi connectivity index (χ1v) is 9.36. The summed E-state index contributed by atoms with van der Waals surface area (Å²) in [5.41, 5.74) is 3.36. The van der Waals surface area contributed by atoms with Crippen molar-refractivity contribution < 1.29 is 4.79 Å². The zero-order valence-corrected chi connectivity index (χ0v) is 15.3. The molecule has 2 fully saturated rings. The van der Waals surface area contributed by atoms with E-state index in [0.29, 0.717) is 6.04 Å². The molecule has 0 bridgehead atoms. The van der Waals surface area contributed by atoms with Crippen molar-refractivity contribution in [2.24, 2.45) is 0 Å². The lowest BCUT2D eigenvalue weighted by atomic mass is 10.1. The van der Waals surface area contributed by atoms with E-state index in [4.69, 9.17) is 0 Å². The number of aryl methyl sites for hydroxylation is 1. The van der Waals surface area contributed by atoms with Crippen LogP contribution in [0.25, 0.3) is 0 Å². The maximum Gasteiger partial charge on any atom is 0.321 e. The molecule has 2 aliphatic rings. The van der Waals surface area contributed by atoms with E-state index in [1.54, 1.807) is 0 Å². The van der Waals surface area contributed by atoms with E-state index >= 15 is 0 Å². The molecule has 2 amide bonds. The zero-order valence-electron chi connectivity index (χ0n) is 15.3. The van der Waals surface area contributed by atoms with E-state index in [9.17, 15) is 4.79 Å². The second-order valence-electron chi connectivity index (χ2n) is 7.21. The number of carbonyl (C=O) groups is 1. The van der Waals surface area contributed by atoms with Gasteiger partial charge in [-0.3, -0.25) is 4.90 Å². The van der Waals surface area contributed by atoms with Gasteiger partial charge in [-0.2, -0.15) is 0 Å². The standard InChI is InChI=1S/C21H26N4O/c1-17-7-9-18(10-8-17)22-21(26)25-15-20(16-25)24-13-11-23(12-14-24)19-5-3-2-4-6-19/h2-10,20H,11-16H2,1H3,(H,22,26). The van der Waals surface area contributed by atoms with Gasteiger partial charge in [-0.05, 0) is 31.2 Å². The molecule has 0 saturated carbocycles. The highest BCUT2D eigenvalue weighted by Crippen LogP contribution is 2.21. The number of hydrogen-bond acceptors (Lipinski definition) is 3. The van der Waals surface area contributed by atoms with Gasteiger partial charge >= 0.3 is 6.03 Å². The van der Waals surface area contributed by atoms with Crippen LogP contribution >= 0.6 is 0 Å². The molecule has 4 rings (SSSR count). The fourth-order valence-corrected chi connectivity index (χ4v) is 3.68. The predicted molar refractivity (Wildman–Crippen MR) is 106 cm³/mol. The Hall–Kier alpha value is -2.53. The topological polar surface area (TPSA) is 38.8 Å². The van der Waals surface area contributed by atoms with Crippen LogP contribution in [0.3, 0.4) is 0 Å². The first-order chi connectivity index (χ1) is 12.7. The summed E-state index contributed by atoms with van der Waals surface area (Å²) in [4.78, 5) is 19.2. The molecule has 0 unspecified atom stereocenters. The number of benzene rings is 2. The number of urea groups is 1. The fraction of sp³-hybridized carbons (Fsp3) is 0.381. The highest BCUT2D eigenvalue weighted by atomic mass is 16.2. The van der Waals surface area contributed by atoms with Crippen LogP contribution < -0.4 is 10.2 Å². The van der Waals surface area contributed by atoms with Crippen molar-refractivity contribution >= 4 is 17.4 Å². The minimum atomic E-state index is 0.00743. The van der Waals surface area contributed by atoms with E-state index in [2.05, 4.69) is 45.4 Å². The van der Waals surface area contributed by atoms with Gasteiger partial charge in [0, 0.05) is 56.7 Å². The Morgan fingerprint density at radius 3 is 2.23 bits per heavy atom. The molecule has 2 aromatic rings. The fourth-order valence-electron chi connectivity index (χ4n) is 3.68. The Labute approximate surface area is 155 Å². The van der Waals surface area contributed by atoms with Crippen molar-refractivity contribution in [2.75, 3.05) is 49.5 Å². The van der Waals surface area contributed by atoms with Crippen LogP contribution in [0.5, 0.6) is 0 Å². The molecule has 5 heteroatoms. The van der Waals surface area contributed by atoms with Crippen molar-refractivity contribution in [1.29, 1.82) is 0 Å². The summed E-state index contributed by atoms with van der Waals surface area (Å²) < 4.78 is 0. The number of amides is 2. The van der Waals surface area contributed by atoms with E-state index in [0.717, 1.165) is 45.0 Å². The number of anilines is 2. The molecular weight excluding hydrogens is 324 g/mol. The normalized spacial score (nSPS) is 18.5. The van der Waals surface area contributed by atoms with Crippen LogP contribution in [0.2, 0.25) is 0 Å². The lowest BCUT2D eigenvalue weighted by Gasteiger charge is -2.48. The number of rotatable bonds is 3. The number of likely N-dealkylation sites (tertiary alicyclic amines) is 1. The maximum atomic E-state index is 12.3. The Morgan fingerprint density at radius 1 is 0.923 bits per heavy atom. The average Bonchev–Trinajstić information content (AvgIpc) is 2.64. The molecule has 2 aliphatic heterocycles. The van der Waals surface area contributed by atoms with E-state index < -0.39 is 0 Å². The summed E-state index contributed by atoms with van der Waals surface area (Å²) in [5, 5.41) is 2.98. The number of carbonyl (C=O) groups excluding carboxylic acids is 1. The maximum absolute atomic E-state index is 12.3. The summed E-state index contributed by atoms with van der Waals surface area (Å²) in [7, 11) is 0. The number of para-hydroxylation sites is 1. The van der Waals surface area contributed by atoms with Crippen LogP contribution in [0.4, 0.5) is 16.2 Å². The molecule has 0 aromatic heterocycles. The molecule has 1 N–H and O–H groups in total. The lowest BCUT2D eigenvalue weighted by molar-refractivity contribution is 0.0578. The van der Waals surface area contributed by atoms with Crippen molar-refractivity contribution in [3.63, 3.8) is 0 Å². The Bertz CT molecular complexity index is 732. The van der Waals surface area contributed by atoms with Gasteiger partial charge in [-0.15, -0.1) is 0 Å². The third kappa shape index (κ3) is 3.68. The molecule has 0 spiro atoms. The highest BCUT2D eigenvalue weighted by Gasteiger charge is 2.36. The monoisotopic (exact) mass is 350 g/mol. The van der Waals surface area contributed by atoms with Crippen LogP contribution in [-0.2, 0) is 0 Å². The van der Waals surface area contributed by atoms with Gasteiger partial charge in [-0.25, -0.2) is 4.79 Å². The number of nitrogens with zero attached hydrogens (tertiary/aromatic N) is 3. The quantitative estimate of drug-likeness (QED) is 0.925. The summed E-state index contributed by atoms with van der Waals surface area (Å²) >= 11 is 0. The molecular formula is C21H26N4O. The van der Waals surface area contributed by atoms with Gasteiger partial charge in [0.2, 0.25) is 0 Å². The predicted octanol–water partition coefficient (Wildman–Crippen LogP) is 3.03. The molecule has 0 radical (unpaired) electrons. The smallest absolute Gasteiger partial charge is 0.321 e. The Kier molecular flexibility index (Phi) is 4.80. The van der Waals surface area contributed by atoms with E-state index in [-0.39, 0.29) is 6.03 Å². The molecule has 0 atom stereocenters.